The molecule has 2 aromatic carbocycles. The molecule has 3 aliphatic heterocycles. The van der Waals surface area contributed by atoms with Crippen molar-refractivity contribution in [1.29, 1.82) is 0 Å². The Hall–Kier alpha value is -3.39. The molecule has 1 amide bonds. The summed E-state index contributed by atoms with van der Waals surface area (Å²) in [5.74, 6) is -4.13. The van der Waals surface area contributed by atoms with Gasteiger partial charge in [-0.15, -0.1) is 0 Å². The highest BCUT2D eigenvalue weighted by Gasteiger charge is 2.58. The molecule has 8 heteroatoms. The van der Waals surface area contributed by atoms with Gasteiger partial charge < -0.3 is 19.3 Å². The van der Waals surface area contributed by atoms with Crippen LogP contribution in [0.5, 0.6) is 0 Å². The molecule has 1 spiro atoms. The van der Waals surface area contributed by atoms with Gasteiger partial charge in [0.25, 0.3) is 5.91 Å². The highest BCUT2D eigenvalue weighted by atomic mass is 16.8. The van der Waals surface area contributed by atoms with Gasteiger partial charge in [-0.25, -0.2) is 9.59 Å². The van der Waals surface area contributed by atoms with Crippen molar-refractivity contribution in [1.82, 2.24) is 9.80 Å². The first kappa shape index (κ1) is 23.4. The van der Waals surface area contributed by atoms with E-state index in [0.717, 1.165) is 31.7 Å². The molecule has 0 N–H and O–H groups in total. The summed E-state index contributed by atoms with van der Waals surface area (Å²) < 4.78 is 10.9. The molecule has 35 heavy (non-hydrogen) atoms. The minimum absolute atomic E-state index is 0.0148. The van der Waals surface area contributed by atoms with Gasteiger partial charge in [0.05, 0.1) is 6.42 Å². The largest absolute Gasteiger partial charge is 0.422 e. The van der Waals surface area contributed by atoms with Crippen molar-refractivity contribution in [2.45, 2.75) is 44.1 Å². The number of piperidine rings is 1. The minimum atomic E-state index is -1.71. The van der Waals surface area contributed by atoms with Gasteiger partial charge in [-0.1, -0.05) is 30.3 Å². The van der Waals surface area contributed by atoms with E-state index in [1.807, 2.05) is 37.4 Å². The van der Waals surface area contributed by atoms with E-state index in [9.17, 15) is 14.4 Å². The SMILES string of the molecule is CN(CCc1ccccc1)C1CCN(C(=O)c2ccc(N3CCCC3)cc2)C2(C1)OC(=O)C(=O)O2. The van der Waals surface area contributed by atoms with E-state index >= 15 is 0 Å². The van der Waals surface area contributed by atoms with Gasteiger partial charge in [-0.05, 0) is 62.6 Å². The van der Waals surface area contributed by atoms with Crippen LogP contribution in [0.2, 0.25) is 0 Å². The van der Waals surface area contributed by atoms with Gasteiger partial charge in [-0.3, -0.25) is 9.69 Å². The number of benzene rings is 2. The van der Waals surface area contributed by atoms with Crippen LogP contribution in [0.15, 0.2) is 54.6 Å². The van der Waals surface area contributed by atoms with Gasteiger partial charge in [0.2, 0.25) is 0 Å². The second-order valence-corrected chi connectivity index (χ2v) is 9.55. The van der Waals surface area contributed by atoms with Crippen LogP contribution in [-0.4, -0.2) is 72.8 Å². The first-order valence-electron chi connectivity index (χ1n) is 12.3. The molecule has 1 atom stereocenters. The van der Waals surface area contributed by atoms with E-state index in [-0.39, 0.29) is 18.4 Å². The molecular weight excluding hydrogens is 446 g/mol. The second-order valence-electron chi connectivity index (χ2n) is 9.55. The monoisotopic (exact) mass is 477 g/mol. The van der Waals surface area contributed by atoms with Crippen LogP contribution in [0, 0.1) is 0 Å². The Morgan fingerprint density at radius 1 is 0.971 bits per heavy atom. The number of amides is 1. The minimum Gasteiger partial charge on any atom is -0.395 e. The zero-order valence-corrected chi connectivity index (χ0v) is 20.0. The third-order valence-corrected chi connectivity index (χ3v) is 7.31. The fourth-order valence-electron chi connectivity index (χ4n) is 5.26. The van der Waals surface area contributed by atoms with Crippen molar-refractivity contribution in [3.63, 3.8) is 0 Å². The molecule has 0 radical (unpaired) electrons. The molecule has 0 bridgehead atoms. The number of rotatable bonds is 6. The fraction of sp³-hybridized carbons (Fsp3) is 0.444. The Kier molecular flexibility index (Phi) is 6.47. The van der Waals surface area contributed by atoms with Gasteiger partial charge >= 0.3 is 17.8 Å². The standard InChI is InChI=1S/C27H31N3O5/c1-28(17-13-20-7-3-2-4-8-20)23-14-18-30(27(19-23)34-25(32)26(33)35-27)24(31)21-9-11-22(12-10-21)29-15-5-6-16-29/h2-4,7-12,23H,5-6,13-19H2,1H3. The zero-order chi connectivity index (χ0) is 24.4. The number of carbonyl (C=O) groups excluding carboxylic acids is 3. The van der Waals surface area contributed by atoms with Crippen molar-refractivity contribution in [3.05, 3.63) is 65.7 Å². The lowest BCUT2D eigenvalue weighted by Gasteiger charge is -2.45. The zero-order valence-electron chi connectivity index (χ0n) is 20.0. The lowest BCUT2D eigenvalue weighted by Crippen LogP contribution is -2.61. The Balaban J connectivity index is 1.31. The molecule has 3 saturated heterocycles. The highest BCUT2D eigenvalue weighted by molar-refractivity contribution is 6.31. The van der Waals surface area contributed by atoms with E-state index in [4.69, 9.17) is 9.47 Å². The van der Waals surface area contributed by atoms with Gasteiger partial charge in [-0.2, -0.15) is 0 Å². The van der Waals surface area contributed by atoms with Crippen molar-refractivity contribution >= 4 is 23.5 Å². The average molecular weight is 478 g/mol. The number of hydrogen-bond donors (Lipinski definition) is 0. The van der Waals surface area contributed by atoms with Crippen LogP contribution >= 0.6 is 0 Å². The molecule has 0 saturated carbocycles. The number of likely N-dealkylation sites (tertiary alicyclic amines) is 1. The molecule has 1 unspecified atom stereocenters. The lowest BCUT2D eigenvalue weighted by atomic mass is 9.98. The average Bonchev–Trinajstić information content (AvgIpc) is 3.51. The van der Waals surface area contributed by atoms with Crippen molar-refractivity contribution in [2.75, 3.05) is 38.1 Å². The lowest BCUT2D eigenvalue weighted by molar-refractivity contribution is -0.255. The van der Waals surface area contributed by atoms with Crippen LogP contribution in [0.4, 0.5) is 5.69 Å². The number of ether oxygens (including phenoxy) is 2. The summed E-state index contributed by atoms with van der Waals surface area (Å²) in [4.78, 5) is 43.6. The third-order valence-electron chi connectivity index (χ3n) is 7.31. The number of nitrogens with zero attached hydrogens (tertiary/aromatic N) is 3. The molecule has 3 fully saturated rings. The summed E-state index contributed by atoms with van der Waals surface area (Å²) in [6.45, 7) is 3.15. The number of esters is 2. The molecule has 0 aromatic heterocycles. The topological polar surface area (TPSA) is 79.4 Å². The quantitative estimate of drug-likeness (QED) is 0.468. The van der Waals surface area contributed by atoms with Crippen molar-refractivity contribution < 1.29 is 23.9 Å². The maximum Gasteiger partial charge on any atom is 0.422 e. The predicted molar refractivity (Wildman–Crippen MR) is 130 cm³/mol. The number of carbonyl (C=O) groups is 3. The van der Waals surface area contributed by atoms with Gasteiger partial charge in [0, 0.05) is 43.5 Å². The molecular formula is C27H31N3O5. The van der Waals surface area contributed by atoms with Crippen LogP contribution in [0.25, 0.3) is 0 Å². The number of likely N-dealkylation sites (N-methyl/N-ethyl adjacent to an activating group) is 1. The molecule has 2 aromatic rings. The van der Waals surface area contributed by atoms with Crippen molar-refractivity contribution in [3.8, 4) is 0 Å². The molecule has 184 valence electrons. The van der Waals surface area contributed by atoms with Crippen LogP contribution in [0.3, 0.4) is 0 Å². The van der Waals surface area contributed by atoms with Crippen LogP contribution < -0.4 is 4.90 Å². The van der Waals surface area contributed by atoms with Crippen LogP contribution in [-0.2, 0) is 25.5 Å². The second kappa shape index (κ2) is 9.70. The molecule has 5 rings (SSSR count). The molecule has 3 aliphatic rings. The summed E-state index contributed by atoms with van der Waals surface area (Å²) >= 11 is 0. The summed E-state index contributed by atoms with van der Waals surface area (Å²) in [5, 5.41) is 0. The van der Waals surface area contributed by atoms with E-state index in [1.165, 1.54) is 23.3 Å². The first-order valence-corrected chi connectivity index (χ1v) is 12.3. The Labute approximate surface area is 205 Å². The summed E-state index contributed by atoms with van der Waals surface area (Å²) in [6, 6.07) is 17.7. The van der Waals surface area contributed by atoms with E-state index in [0.29, 0.717) is 18.5 Å². The van der Waals surface area contributed by atoms with Gasteiger partial charge in [0.1, 0.15) is 0 Å². The summed E-state index contributed by atoms with van der Waals surface area (Å²) in [7, 11) is 2.01. The Bertz CT molecular complexity index is 1070. The maximum absolute atomic E-state index is 13.5. The molecule has 0 aliphatic carbocycles. The first-order chi connectivity index (χ1) is 16.9. The predicted octanol–water partition coefficient (Wildman–Crippen LogP) is 2.82. The highest BCUT2D eigenvalue weighted by Crippen LogP contribution is 2.38. The van der Waals surface area contributed by atoms with Crippen LogP contribution in [0.1, 0.15) is 41.6 Å². The Morgan fingerprint density at radius 3 is 2.29 bits per heavy atom. The summed E-state index contributed by atoms with van der Waals surface area (Å²) in [6.07, 6.45) is 4.11. The van der Waals surface area contributed by atoms with E-state index in [1.54, 1.807) is 12.1 Å². The van der Waals surface area contributed by atoms with E-state index < -0.39 is 17.8 Å². The molecule has 8 nitrogen and oxygen atoms in total. The van der Waals surface area contributed by atoms with Crippen molar-refractivity contribution in [2.24, 2.45) is 0 Å². The van der Waals surface area contributed by atoms with Gasteiger partial charge in [0.15, 0.2) is 0 Å². The smallest absolute Gasteiger partial charge is 0.395 e. The maximum atomic E-state index is 13.5. The number of anilines is 1. The molecule has 3 heterocycles. The number of hydrogen-bond acceptors (Lipinski definition) is 7. The fourth-order valence-corrected chi connectivity index (χ4v) is 5.26. The summed E-state index contributed by atoms with van der Waals surface area (Å²) in [5.41, 5.74) is 2.80. The normalized spacial score (nSPS) is 21.5. The Morgan fingerprint density at radius 2 is 1.63 bits per heavy atom. The third kappa shape index (κ3) is 4.75. The van der Waals surface area contributed by atoms with E-state index in [2.05, 4.69) is 21.9 Å².